The summed E-state index contributed by atoms with van der Waals surface area (Å²) < 4.78 is 0. The second-order valence-electron chi connectivity index (χ2n) is 4.14. The van der Waals surface area contributed by atoms with Gasteiger partial charge in [-0.15, -0.1) is 0 Å². The summed E-state index contributed by atoms with van der Waals surface area (Å²) in [7, 11) is 0. The van der Waals surface area contributed by atoms with Crippen molar-refractivity contribution in [2.24, 2.45) is 0 Å². The summed E-state index contributed by atoms with van der Waals surface area (Å²) in [6, 6.07) is 7.37. The van der Waals surface area contributed by atoms with E-state index in [9.17, 15) is 9.59 Å². The lowest BCUT2D eigenvalue weighted by Gasteiger charge is -2.20. The van der Waals surface area contributed by atoms with Crippen LogP contribution in [0.1, 0.15) is 29.8 Å². The molecule has 0 radical (unpaired) electrons. The van der Waals surface area contributed by atoms with Crippen LogP contribution >= 0.6 is 0 Å². The molecule has 98 valence electrons. The van der Waals surface area contributed by atoms with Crippen molar-refractivity contribution < 1.29 is 9.59 Å². The molecule has 1 aromatic carbocycles. The standard InChI is InChI=1S/C14H20N2O2/c1-4-15-13(17)10-16(5-2)14(18)12-8-6-11(3)7-9-12/h6-9H,4-5,10H2,1-3H3,(H,15,17). The van der Waals surface area contributed by atoms with Crippen LogP contribution in [0, 0.1) is 6.92 Å². The van der Waals surface area contributed by atoms with Gasteiger partial charge >= 0.3 is 0 Å². The Balaban J connectivity index is 2.73. The second-order valence-corrected chi connectivity index (χ2v) is 4.14. The van der Waals surface area contributed by atoms with Gasteiger partial charge < -0.3 is 10.2 Å². The van der Waals surface area contributed by atoms with E-state index in [1.807, 2.05) is 32.9 Å². The lowest BCUT2D eigenvalue weighted by atomic mass is 10.1. The zero-order valence-corrected chi connectivity index (χ0v) is 11.2. The van der Waals surface area contributed by atoms with Crippen LogP contribution in [-0.2, 0) is 4.79 Å². The molecule has 1 aromatic rings. The van der Waals surface area contributed by atoms with E-state index in [-0.39, 0.29) is 18.4 Å². The molecule has 0 aliphatic rings. The highest BCUT2D eigenvalue weighted by atomic mass is 16.2. The van der Waals surface area contributed by atoms with Crippen LogP contribution in [0.5, 0.6) is 0 Å². The first-order valence-electron chi connectivity index (χ1n) is 6.21. The minimum Gasteiger partial charge on any atom is -0.355 e. The molecular weight excluding hydrogens is 228 g/mol. The van der Waals surface area contributed by atoms with E-state index in [1.165, 1.54) is 4.90 Å². The first kappa shape index (κ1) is 14.2. The molecule has 4 heteroatoms. The zero-order valence-electron chi connectivity index (χ0n) is 11.2. The van der Waals surface area contributed by atoms with Gasteiger partial charge in [0.05, 0.1) is 6.54 Å². The predicted octanol–water partition coefficient (Wildman–Crippen LogP) is 1.59. The van der Waals surface area contributed by atoms with Gasteiger partial charge in [0.25, 0.3) is 5.91 Å². The van der Waals surface area contributed by atoms with Crippen LogP contribution < -0.4 is 5.32 Å². The monoisotopic (exact) mass is 248 g/mol. The van der Waals surface area contributed by atoms with E-state index in [2.05, 4.69) is 5.32 Å². The molecule has 0 heterocycles. The Morgan fingerprint density at radius 3 is 2.28 bits per heavy atom. The van der Waals surface area contributed by atoms with Crippen molar-refractivity contribution in [3.63, 3.8) is 0 Å². The number of benzene rings is 1. The average Bonchev–Trinajstić information content (AvgIpc) is 2.36. The third kappa shape index (κ3) is 3.87. The summed E-state index contributed by atoms with van der Waals surface area (Å²) in [6.07, 6.45) is 0. The number of amides is 2. The van der Waals surface area contributed by atoms with Crippen molar-refractivity contribution in [3.05, 3.63) is 35.4 Å². The molecule has 0 aromatic heterocycles. The van der Waals surface area contributed by atoms with Crippen molar-refractivity contribution >= 4 is 11.8 Å². The number of hydrogen-bond acceptors (Lipinski definition) is 2. The maximum absolute atomic E-state index is 12.2. The molecule has 18 heavy (non-hydrogen) atoms. The molecule has 0 fully saturated rings. The Hall–Kier alpha value is -1.84. The fourth-order valence-electron chi connectivity index (χ4n) is 1.63. The first-order chi connectivity index (χ1) is 8.58. The lowest BCUT2D eigenvalue weighted by molar-refractivity contribution is -0.121. The lowest BCUT2D eigenvalue weighted by Crippen LogP contribution is -2.40. The Bertz CT molecular complexity index is 412. The number of carbonyl (C=O) groups excluding carboxylic acids is 2. The Morgan fingerprint density at radius 2 is 1.78 bits per heavy atom. The summed E-state index contributed by atoms with van der Waals surface area (Å²) in [4.78, 5) is 25.2. The third-order valence-corrected chi connectivity index (χ3v) is 2.68. The molecule has 0 spiro atoms. The summed E-state index contributed by atoms with van der Waals surface area (Å²) in [5.74, 6) is -0.233. The number of nitrogens with zero attached hydrogens (tertiary/aromatic N) is 1. The van der Waals surface area contributed by atoms with Crippen molar-refractivity contribution in [2.45, 2.75) is 20.8 Å². The van der Waals surface area contributed by atoms with Crippen molar-refractivity contribution in [1.29, 1.82) is 0 Å². The fourth-order valence-corrected chi connectivity index (χ4v) is 1.63. The molecule has 0 unspecified atom stereocenters. The minimum atomic E-state index is -0.125. The Labute approximate surface area is 108 Å². The maximum Gasteiger partial charge on any atom is 0.254 e. The third-order valence-electron chi connectivity index (χ3n) is 2.68. The zero-order chi connectivity index (χ0) is 13.5. The molecule has 2 amide bonds. The van der Waals surface area contributed by atoms with Crippen molar-refractivity contribution in [1.82, 2.24) is 10.2 Å². The average molecular weight is 248 g/mol. The molecule has 0 saturated carbocycles. The van der Waals surface area contributed by atoms with Crippen LogP contribution in [0.2, 0.25) is 0 Å². The van der Waals surface area contributed by atoms with Gasteiger partial charge in [-0.05, 0) is 32.9 Å². The molecule has 0 aliphatic carbocycles. The van der Waals surface area contributed by atoms with Gasteiger partial charge in [-0.25, -0.2) is 0 Å². The van der Waals surface area contributed by atoms with Crippen molar-refractivity contribution in [2.75, 3.05) is 19.6 Å². The summed E-state index contributed by atoms with van der Waals surface area (Å²) in [6.45, 7) is 6.90. The highest BCUT2D eigenvalue weighted by molar-refractivity contribution is 5.96. The number of aryl methyl sites for hydroxylation is 1. The normalized spacial score (nSPS) is 9.94. The predicted molar refractivity (Wildman–Crippen MR) is 71.4 cm³/mol. The van der Waals surface area contributed by atoms with E-state index in [1.54, 1.807) is 12.1 Å². The van der Waals surface area contributed by atoms with E-state index in [0.29, 0.717) is 18.7 Å². The largest absolute Gasteiger partial charge is 0.355 e. The van der Waals surface area contributed by atoms with Crippen LogP contribution in [0.4, 0.5) is 0 Å². The van der Waals surface area contributed by atoms with Crippen molar-refractivity contribution in [3.8, 4) is 0 Å². The SMILES string of the molecule is CCNC(=O)CN(CC)C(=O)c1ccc(C)cc1. The van der Waals surface area contributed by atoms with Gasteiger partial charge in [0, 0.05) is 18.7 Å². The molecule has 4 nitrogen and oxygen atoms in total. The van der Waals surface area contributed by atoms with Crippen LogP contribution in [0.25, 0.3) is 0 Å². The Kier molecular flexibility index (Phi) is 5.36. The van der Waals surface area contributed by atoms with Gasteiger partial charge in [-0.1, -0.05) is 17.7 Å². The molecule has 1 N–H and O–H groups in total. The number of carbonyl (C=O) groups is 2. The van der Waals surface area contributed by atoms with Gasteiger partial charge in [0.2, 0.25) is 5.91 Å². The second kappa shape index (κ2) is 6.79. The number of rotatable bonds is 5. The topological polar surface area (TPSA) is 49.4 Å². The highest BCUT2D eigenvalue weighted by Crippen LogP contribution is 2.07. The molecule has 0 saturated heterocycles. The summed E-state index contributed by atoms with van der Waals surface area (Å²) in [5, 5.41) is 2.69. The fraction of sp³-hybridized carbons (Fsp3) is 0.429. The number of nitrogens with one attached hydrogen (secondary N) is 1. The smallest absolute Gasteiger partial charge is 0.254 e. The highest BCUT2D eigenvalue weighted by Gasteiger charge is 2.16. The van der Waals surface area contributed by atoms with Gasteiger partial charge in [-0.2, -0.15) is 0 Å². The summed E-state index contributed by atoms with van der Waals surface area (Å²) in [5.41, 5.74) is 1.73. The van der Waals surface area contributed by atoms with E-state index in [4.69, 9.17) is 0 Å². The van der Waals surface area contributed by atoms with Gasteiger partial charge in [0.1, 0.15) is 0 Å². The Morgan fingerprint density at radius 1 is 1.17 bits per heavy atom. The number of likely N-dealkylation sites (N-methyl/N-ethyl adjacent to an activating group) is 2. The van der Waals surface area contributed by atoms with E-state index < -0.39 is 0 Å². The summed E-state index contributed by atoms with van der Waals surface area (Å²) >= 11 is 0. The molecule has 0 atom stereocenters. The molecule has 0 bridgehead atoms. The van der Waals surface area contributed by atoms with Gasteiger partial charge in [0.15, 0.2) is 0 Å². The van der Waals surface area contributed by atoms with E-state index in [0.717, 1.165) is 5.56 Å². The quantitative estimate of drug-likeness (QED) is 0.860. The molecular formula is C14H20N2O2. The molecule has 0 aliphatic heterocycles. The van der Waals surface area contributed by atoms with Crippen LogP contribution in [0.3, 0.4) is 0 Å². The molecule has 1 rings (SSSR count). The number of hydrogen-bond donors (Lipinski definition) is 1. The van der Waals surface area contributed by atoms with E-state index >= 15 is 0 Å². The van der Waals surface area contributed by atoms with Crippen LogP contribution in [-0.4, -0.2) is 36.3 Å². The van der Waals surface area contributed by atoms with Gasteiger partial charge in [-0.3, -0.25) is 9.59 Å². The maximum atomic E-state index is 12.2. The van der Waals surface area contributed by atoms with Crippen LogP contribution in [0.15, 0.2) is 24.3 Å². The minimum absolute atomic E-state index is 0.108. The first-order valence-corrected chi connectivity index (χ1v) is 6.21.